The lowest BCUT2D eigenvalue weighted by Crippen LogP contribution is -2.61. The first kappa shape index (κ1) is 56.1. The number of carboxylic acids is 1. The van der Waals surface area contributed by atoms with E-state index >= 15 is 4.39 Å². The summed E-state index contributed by atoms with van der Waals surface area (Å²) in [4.78, 5) is 87.2. The number of aliphatic hydroxyl groups excluding tert-OH is 3. The van der Waals surface area contributed by atoms with Crippen LogP contribution in [0.3, 0.4) is 0 Å². The molecular formula is C51H57FN6O18S. The molecule has 1 aliphatic carbocycles. The number of terminal acetylenes is 1. The van der Waals surface area contributed by atoms with E-state index in [1.165, 1.54) is 35.9 Å². The van der Waals surface area contributed by atoms with E-state index in [1.807, 2.05) is 0 Å². The third kappa shape index (κ3) is 11.2. The van der Waals surface area contributed by atoms with Crippen LogP contribution in [0.25, 0.3) is 22.3 Å². The van der Waals surface area contributed by atoms with E-state index in [-0.39, 0.29) is 60.7 Å². The number of aromatic nitrogens is 2. The highest BCUT2D eigenvalue weighted by molar-refractivity contribution is 7.90. The van der Waals surface area contributed by atoms with Crippen LogP contribution in [0, 0.1) is 25.1 Å². The number of rotatable bonds is 19. The normalized spacial score (nSPS) is 22.2. The van der Waals surface area contributed by atoms with Gasteiger partial charge >= 0.3 is 18.0 Å². The molecule has 5 heterocycles. The molecule has 3 unspecified atom stereocenters. The van der Waals surface area contributed by atoms with Crippen LogP contribution < -0.4 is 21.3 Å². The summed E-state index contributed by atoms with van der Waals surface area (Å²) >= 11 is 0. The number of carbonyl (C=O) groups excluding carboxylic acids is 4. The molecule has 2 aromatic heterocycles. The second-order valence-corrected chi connectivity index (χ2v) is 21.4. The molecule has 3 amide bonds. The number of nitrogens with two attached hydrogens (primary N) is 1. The fourth-order valence-corrected chi connectivity index (χ4v) is 10.4. The lowest BCUT2D eigenvalue weighted by molar-refractivity contribution is -0.271. The Bertz CT molecular complexity index is 3270. The minimum Gasteiger partial charge on any atom is -0.479 e. The van der Waals surface area contributed by atoms with Crippen LogP contribution in [0.4, 0.5) is 14.9 Å². The average Bonchev–Trinajstić information content (AvgIpc) is 3.80. The van der Waals surface area contributed by atoms with Gasteiger partial charge in [-0.25, -0.2) is 32.2 Å². The maximum absolute atomic E-state index is 15.3. The fraction of sp³-hybridized carbons (Fsp3) is 0.471. The van der Waals surface area contributed by atoms with E-state index in [1.54, 1.807) is 19.9 Å². The van der Waals surface area contributed by atoms with Gasteiger partial charge in [-0.3, -0.25) is 19.3 Å². The largest absolute Gasteiger partial charge is 0.479 e. The second kappa shape index (κ2) is 22.5. The van der Waals surface area contributed by atoms with Crippen molar-refractivity contribution in [3.8, 4) is 29.5 Å². The molecule has 0 radical (unpaired) electrons. The molecule has 24 nitrogen and oxygen atoms in total. The molecule has 1 saturated heterocycles. The maximum Gasteiger partial charge on any atom is 0.411 e. The number of aryl methyl sites for hydroxylation is 1. The van der Waals surface area contributed by atoms with Crippen molar-refractivity contribution in [3.05, 3.63) is 85.4 Å². The first-order valence-corrected chi connectivity index (χ1v) is 26.4. The predicted molar refractivity (Wildman–Crippen MR) is 267 cm³/mol. The van der Waals surface area contributed by atoms with Crippen molar-refractivity contribution in [3.63, 3.8) is 0 Å². The number of aliphatic hydroxyl groups is 3. The van der Waals surface area contributed by atoms with Crippen molar-refractivity contribution < 1.29 is 85.6 Å². The summed E-state index contributed by atoms with van der Waals surface area (Å²) in [5.74, 6) is -2.95. The van der Waals surface area contributed by atoms with Gasteiger partial charge in [-0.2, -0.15) is 0 Å². The number of carbonyl (C=O) groups is 5. The first-order chi connectivity index (χ1) is 36.5. The Kier molecular flexibility index (Phi) is 16.4. The Morgan fingerprint density at radius 2 is 1.84 bits per heavy atom. The highest BCUT2D eigenvalue weighted by atomic mass is 32.2. The van der Waals surface area contributed by atoms with Crippen molar-refractivity contribution in [2.45, 2.75) is 102 Å². The van der Waals surface area contributed by atoms with Gasteiger partial charge in [0.05, 0.1) is 60.0 Å². The summed E-state index contributed by atoms with van der Waals surface area (Å²) in [6, 6.07) is 6.26. The molecule has 0 saturated carbocycles. The Balaban J connectivity index is 1.06. The number of halogens is 1. The van der Waals surface area contributed by atoms with Gasteiger partial charge in [-0.15, -0.1) is 6.42 Å². The van der Waals surface area contributed by atoms with Crippen LogP contribution in [-0.2, 0) is 84.5 Å². The van der Waals surface area contributed by atoms with E-state index < -0.39 is 132 Å². The molecule has 0 bridgehead atoms. The number of hydrogen-bond acceptors (Lipinski definition) is 19. The number of ether oxygens (including phenoxy) is 6. The van der Waals surface area contributed by atoms with Crippen molar-refractivity contribution in [1.29, 1.82) is 0 Å². The number of carboxylic acid groups (broad SMARTS) is 1. The quantitative estimate of drug-likeness (QED) is 0.0289. The van der Waals surface area contributed by atoms with Gasteiger partial charge in [0, 0.05) is 48.5 Å². The van der Waals surface area contributed by atoms with Gasteiger partial charge in [-0.05, 0) is 66.6 Å². The number of likely N-dealkylation sites (N-methyl/N-ethyl adjacent to an activating group) is 1. The summed E-state index contributed by atoms with van der Waals surface area (Å²) in [5, 5.41) is 44.2. The zero-order valence-electron chi connectivity index (χ0n) is 42.3. The molecule has 412 valence electrons. The van der Waals surface area contributed by atoms with Crippen molar-refractivity contribution >= 4 is 56.3 Å². The second-order valence-electron chi connectivity index (χ2n) is 19.1. The molecule has 3 aliphatic heterocycles. The number of hydrogen-bond donors (Lipinski definition) is 6. The van der Waals surface area contributed by atoms with Gasteiger partial charge in [-0.1, -0.05) is 18.9 Å². The summed E-state index contributed by atoms with van der Waals surface area (Å²) < 4.78 is 75.4. The molecule has 7 atom stereocenters. The van der Waals surface area contributed by atoms with Crippen LogP contribution >= 0.6 is 0 Å². The molecule has 7 N–H and O–H groups in total. The number of benzene rings is 2. The van der Waals surface area contributed by atoms with Crippen molar-refractivity contribution in [2.24, 2.45) is 5.73 Å². The molecular weight excluding hydrogens is 1040 g/mol. The average molecular weight is 1090 g/mol. The van der Waals surface area contributed by atoms with Crippen molar-refractivity contribution in [2.75, 3.05) is 57.4 Å². The predicted octanol–water partition coefficient (Wildman–Crippen LogP) is 0.846. The van der Waals surface area contributed by atoms with Crippen LogP contribution in [-0.4, -0.2) is 161 Å². The highest BCUT2D eigenvalue weighted by Gasteiger charge is 2.50. The monoisotopic (exact) mass is 1090 g/mol. The highest BCUT2D eigenvalue weighted by Crippen LogP contribution is 2.46. The van der Waals surface area contributed by atoms with Crippen LogP contribution in [0.15, 0.2) is 35.1 Å². The van der Waals surface area contributed by atoms with Gasteiger partial charge in [0.15, 0.2) is 11.7 Å². The van der Waals surface area contributed by atoms with Crippen molar-refractivity contribution in [1.82, 2.24) is 19.4 Å². The van der Waals surface area contributed by atoms with Crippen LogP contribution in [0.5, 0.6) is 5.75 Å². The van der Waals surface area contributed by atoms with E-state index in [9.17, 15) is 57.6 Å². The van der Waals surface area contributed by atoms with E-state index in [0.717, 1.165) is 32.6 Å². The Hall–Kier alpha value is -7.09. The number of pyridine rings is 2. The number of cyclic esters (lactones) is 1. The number of nitrogens with zero attached hydrogens (tertiary/aromatic N) is 4. The summed E-state index contributed by atoms with van der Waals surface area (Å²) in [7, 11) is -2.41. The zero-order chi connectivity index (χ0) is 55.8. The molecule has 4 aromatic rings. The minimum atomic E-state index is -3.75. The summed E-state index contributed by atoms with van der Waals surface area (Å²) in [6.07, 6.45) is -4.30. The topological polar surface area (TPSA) is 335 Å². The number of aliphatic carboxylic acids is 1. The van der Waals surface area contributed by atoms with Gasteiger partial charge in [0.2, 0.25) is 18.1 Å². The van der Waals surface area contributed by atoms with Gasteiger partial charge in [0.25, 0.3) is 5.56 Å². The third-order valence-electron chi connectivity index (χ3n) is 14.0. The molecule has 1 fully saturated rings. The number of amides is 3. The van der Waals surface area contributed by atoms with Gasteiger partial charge < -0.3 is 69.4 Å². The molecule has 26 heteroatoms. The lowest BCUT2D eigenvalue weighted by atomic mass is 9.82. The summed E-state index contributed by atoms with van der Waals surface area (Å²) in [5.41, 5.74) is 8.06. The Morgan fingerprint density at radius 3 is 2.55 bits per heavy atom. The maximum atomic E-state index is 15.3. The first-order valence-electron chi connectivity index (χ1n) is 24.3. The zero-order valence-corrected chi connectivity index (χ0v) is 43.1. The van der Waals surface area contributed by atoms with E-state index in [2.05, 4.69) is 11.2 Å². The minimum absolute atomic E-state index is 0.0241. The number of sulfone groups is 1. The van der Waals surface area contributed by atoms with Crippen LogP contribution in [0.1, 0.15) is 71.2 Å². The molecule has 8 rings (SSSR count). The third-order valence-corrected chi connectivity index (χ3v) is 15.0. The smallest absolute Gasteiger partial charge is 0.411 e. The Morgan fingerprint density at radius 1 is 1.09 bits per heavy atom. The van der Waals surface area contributed by atoms with Crippen LogP contribution in [0.2, 0.25) is 0 Å². The number of fused-ring (bicyclic) bond motifs is 5. The number of nitrogens with one attached hydrogen (secondary N) is 1. The lowest BCUT2D eigenvalue weighted by Gasteiger charge is -2.38. The SMILES string of the molecule is C#CCOCCC(=O)N(C)CC(=O)Nc1cc(COC(=O)N(CCS(C)(=O)=O)CO[C@]2(CC)C(=O)OCc3c2cc2n(c3=O)Cc3c-2nc2cc(F)c(C)c4c2c3[C@H](N)CC4)ccc1O[C@@H]1OC(C(=O)O)[C@H](O)C(O)C1O. The summed E-state index contributed by atoms with van der Waals surface area (Å²) in [6.45, 7) is 0.481. The van der Waals surface area contributed by atoms with E-state index in [4.69, 9.17) is 45.6 Å². The number of anilines is 1. The Labute approximate surface area is 439 Å². The fourth-order valence-electron chi connectivity index (χ4n) is 9.84. The standard InChI is InChI=1S/C51H57FN6O18S/c1-6-14-71-15-12-38(60)56(4)21-37(59)54-33-17-26(8-11-36(33)75-48-44(63)42(61)43(62)45(76-48)47(65)66)22-73-50(68)57(13-16-77(5,69)70)24-74-51(7-2)30-18-35-41-28(20-58(35)46(64)29(30)23-72-49(51)67)39-32(53)10-9-27-25(3)31(52)19-34(55-41)40(27)39/h1,8,11,17-19,32,42-45,48,61-63H,7,9-10,12-16,20-24,53H2,2-5H3,(H,54,59)(H,65,66)/t32-,42?,43-,44?,45?,48-,51+/m1/s1. The molecule has 4 aliphatic rings. The number of esters is 1. The molecule has 77 heavy (non-hydrogen) atoms. The van der Waals surface area contributed by atoms with Gasteiger partial charge in [0.1, 0.15) is 66.3 Å². The van der Waals surface area contributed by atoms with E-state index in [0.29, 0.717) is 40.9 Å². The molecule has 2 aromatic carbocycles. The molecule has 0 spiro atoms.